The zero-order valence-corrected chi connectivity index (χ0v) is 9.77. The van der Waals surface area contributed by atoms with Crippen molar-refractivity contribution in [1.82, 2.24) is 5.32 Å². The summed E-state index contributed by atoms with van der Waals surface area (Å²) in [5.74, 6) is 0. The number of nitriles is 1. The van der Waals surface area contributed by atoms with E-state index in [2.05, 4.69) is 30.1 Å². The van der Waals surface area contributed by atoms with Crippen LogP contribution in [0.4, 0.5) is 5.69 Å². The molecular formula is C13H17N3. The van der Waals surface area contributed by atoms with Crippen molar-refractivity contribution in [3.05, 3.63) is 29.8 Å². The first-order valence-electron chi connectivity index (χ1n) is 5.71. The molecule has 1 aliphatic rings. The monoisotopic (exact) mass is 215 g/mol. The minimum absolute atomic E-state index is 0.497. The maximum Gasteiger partial charge on any atom is 0.0991 e. The van der Waals surface area contributed by atoms with Crippen LogP contribution in [0.1, 0.15) is 19.4 Å². The lowest BCUT2D eigenvalue weighted by Gasteiger charge is -2.41. The number of rotatable bonds is 1. The summed E-state index contributed by atoms with van der Waals surface area (Å²) in [6.45, 7) is 6.48. The van der Waals surface area contributed by atoms with E-state index in [4.69, 9.17) is 5.26 Å². The summed E-state index contributed by atoms with van der Waals surface area (Å²) < 4.78 is 0. The second-order valence-electron chi connectivity index (χ2n) is 4.42. The molecule has 84 valence electrons. The van der Waals surface area contributed by atoms with E-state index in [1.165, 1.54) is 5.69 Å². The van der Waals surface area contributed by atoms with Crippen LogP contribution in [0.5, 0.6) is 0 Å². The number of hydrogen-bond donors (Lipinski definition) is 1. The molecule has 1 saturated heterocycles. The summed E-state index contributed by atoms with van der Waals surface area (Å²) in [4.78, 5) is 2.41. The first-order chi connectivity index (χ1) is 7.72. The summed E-state index contributed by atoms with van der Waals surface area (Å²) in [6, 6.07) is 11.0. The molecule has 1 N–H and O–H groups in total. The maximum atomic E-state index is 8.77. The van der Waals surface area contributed by atoms with Crippen molar-refractivity contribution in [2.45, 2.75) is 25.9 Å². The van der Waals surface area contributed by atoms with Crippen molar-refractivity contribution >= 4 is 5.69 Å². The van der Waals surface area contributed by atoms with Gasteiger partial charge in [0.25, 0.3) is 0 Å². The molecule has 1 fully saturated rings. The number of anilines is 1. The van der Waals surface area contributed by atoms with Crippen LogP contribution in [0, 0.1) is 11.3 Å². The Labute approximate surface area is 96.7 Å². The highest BCUT2D eigenvalue weighted by atomic mass is 15.2. The van der Waals surface area contributed by atoms with E-state index in [1.54, 1.807) is 0 Å². The lowest BCUT2D eigenvalue weighted by Crippen LogP contribution is -2.55. The molecule has 1 aromatic rings. The molecule has 0 saturated carbocycles. The van der Waals surface area contributed by atoms with Gasteiger partial charge in [0.1, 0.15) is 0 Å². The maximum absolute atomic E-state index is 8.77. The first kappa shape index (κ1) is 11.0. The number of hydrogen-bond acceptors (Lipinski definition) is 3. The Kier molecular flexibility index (Phi) is 3.12. The molecule has 0 spiro atoms. The minimum Gasteiger partial charge on any atom is -0.364 e. The van der Waals surface area contributed by atoms with Gasteiger partial charge in [0, 0.05) is 30.9 Å². The lowest BCUT2D eigenvalue weighted by molar-refractivity contribution is 0.432. The fraction of sp³-hybridized carbons (Fsp3) is 0.462. The zero-order valence-electron chi connectivity index (χ0n) is 9.77. The highest BCUT2D eigenvalue weighted by Crippen LogP contribution is 2.22. The summed E-state index contributed by atoms with van der Waals surface area (Å²) in [5.41, 5.74) is 1.93. The standard InChI is InChI=1S/C13H17N3/c1-10-8-15-9-11(2)16(10)13-5-3-12(7-14)4-6-13/h3-6,10-11,15H,8-9H2,1-2H3/t10-,11-/m0/s1. The molecule has 0 unspecified atom stereocenters. The van der Waals surface area contributed by atoms with Gasteiger partial charge in [-0.05, 0) is 38.1 Å². The summed E-state index contributed by atoms with van der Waals surface area (Å²) in [6.07, 6.45) is 0. The normalized spacial score (nSPS) is 25.2. The van der Waals surface area contributed by atoms with E-state index in [-0.39, 0.29) is 0 Å². The molecule has 0 bridgehead atoms. The van der Waals surface area contributed by atoms with Crippen LogP contribution in [0.15, 0.2) is 24.3 Å². The smallest absolute Gasteiger partial charge is 0.0991 e. The van der Waals surface area contributed by atoms with Gasteiger partial charge in [0.15, 0.2) is 0 Å². The summed E-state index contributed by atoms with van der Waals surface area (Å²) in [5, 5.41) is 12.2. The minimum atomic E-state index is 0.497. The van der Waals surface area contributed by atoms with Gasteiger partial charge in [-0.25, -0.2) is 0 Å². The summed E-state index contributed by atoms with van der Waals surface area (Å²) >= 11 is 0. The van der Waals surface area contributed by atoms with Crippen molar-refractivity contribution < 1.29 is 0 Å². The van der Waals surface area contributed by atoms with Gasteiger partial charge in [-0.1, -0.05) is 0 Å². The van der Waals surface area contributed by atoms with Gasteiger partial charge in [-0.2, -0.15) is 5.26 Å². The number of piperazine rings is 1. The van der Waals surface area contributed by atoms with Crippen molar-refractivity contribution in [1.29, 1.82) is 5.26 Å². The zero-order chi connectivity index (χ0) is 11.5. The van der Waals surface area contributed by atoms with E-state index < -0.39 is 0 Å². The molecule has 2 atom stereocenters. The fourth-order valence-corrected chi connectivity index (χ4v) is 2.35. The average Bonchev–Trinajstić information content (AvgIpc) is 2.30. The van der Waals surface area contributed by atoms with E-state index in [1.807, 2.05) is 24.3 Å². The highest BCUT2D eigenvalue weighted by Gasteiger charge is 2.24. The lowest BCUT2D eigenvalue weighted by atomic mass is 10.1. The molecule has 0 aliphatic carbocycles. The van der Waals surface area contributed by atoms with Crippen LogP contribution in [-0.4, -0.2) is 25.2 Å². The van der Waals surface area contributed by atoms with Crippen LogP contribution in [-0.2, 0) is 0 Å². The average molecular weight is 215 g/mol. The van der Waals surface area contributed by atoms with Crippen LogP contribution >= 0.6 is 0 Å². The second-order valence-corrected chi connectivity index (χ2v) is 4.42. The second kappa shape index (κ2) is 4.54. The molecule has 1 aromatic carbocycles. The van der Waals surface area contributed by atoms with E-state index in [0.29, 0.717) is 12.1 Å². The van der Waals surface area contributed by atoms with E-state index in [9.17, 15) is 0 Å². The topological polar surface area (TPSA) is 39.1 Å². The Morgan fingerprint density at radius 1 is 1.19 bits per heavy atom. The molecule has 2 rings (SSSR count). The van der Waals surface area contributed by atoms with E-state index >= 15 is 0 Å². The van der Waals surface area contributed by atoms with Crippen LogP contribution < -0.4 is 10.2 Å². The first-order valence-corrected chi connectivity index (χ1v) is 5.71. The largest absolute Gasteiger partial charge is 0.364 e. The van der Waals surface area contributed by atoms with Gasteiger partial charge in [0.05, 0.1) is 11.6 Å². The third-order valence-electron chi connectivity index (χ3n) is 3.12. The molecule has 0 aromatic heterocycles. The third kappa shape index (κ3) is 2.02. The third-order valence-corrected chi connectivity index (χ3v) is 3.12. The predicted octanol–water partition coefficient (Wildman–Crippen LogP) is 1.74. The van der Waals surface area contributed by atoms with Gasteiger partial charge in [0.2, 0.25) is 0 Å². The number of nitrogens with one attached hydrogen (secondary N) is 1. The highest BCUT2D eigenvalue weighted by molar-refractivity contribution is 5.51. The predicted molar refractivity (Wildman–Crippen MR) is 65.4 cm³/mol. The van der Waals surface area contributed by atoms with Crippen molar-refractivity contribution in [3.63, 3.8) is 0 Å². The quantitative estimate of drug-likeness (QED) is 0.775. The number of nitrogens with zero attached hydrogens (tertiary/aromatic N) is 2. The van der Waals surface area contributed by atoms with Crippen molar-refractivity contribution in [2.75, 3.05) is 18.0 Å². The Bertz CT molecular complexity index is 381. The van der Waals surface area contributed by atoms with Crippen LogP contribution in [0.25, 0.3) is 0 Å². The Hall–Kier alpha value is -1.53. The van der Waals surface area contributed by atoms with E-state index in [0.717, 1.165) is 18.7 Å². The molecule has 1 aliphatic heterocycles. The van der Waals surface area contributed by atoms with Crippen LogP contribution in [0.3, 0.4) is 0 Å². The molecule has 16 heavy (non-hydrogen) atoms. The Morgan fingerprint density at radius 3 is 2.25 bits per heavy atom. The Morgan fingerprint density at radius 2 is 1.75 bits per heavy atom. The van der Waals surface area contributed by atoms with Crippen molar-refractivity contribution in [3.8, 4) is 6.07 Å². The van der Waals surface area contributed by atoms with Crippen molar-refractivity contribution in [2.24, 2.45) is 0 Å². The van der Waals surface area contributed by atoms with Gasteiger partial charge >= 0.3 is 0 Å². The van der Waals surface area contributed by atoms with Crippen LogP contribution in [0.2, 0.25) is 0 Å². The molecule has 1 heterocycles. The molecule has 3 nitrogen and oxygen atoms in total. The molecule has 0 radical (unpaired) electrons. The fourth-order valence-electron chi connectivity index (χ4n) is 2.35. The van der Waals surface area contributed by atoms with Gasteiger partial charge < -0.3 is 10.2 Å². The Balaban J connectivity index is 2.24. The van der Waals surface area contributed by atoms with Gasteiger partial charge in [-0.15, -0.1) is 0 Å². The molecule has 0 amide bonds. The number of benzene rings is 1. The molecular weight excluding hydrogens is 198 g/mol. The SMILES string of the molecule is C[C@H]1CNC[C@H](C)N1c1ccc(C#N)cc1. The van der Waals surface area contributed by atoms with Gasteiger partial charge in [-0.3, -0.25) is 0 Å². The molecule has 3 heteroatoms. The summed E-state index contributed by atoms with van der Waals surface area (Å²) in [7, 11) is 0.